The lowest BCUT2D eigenvalue weighted by Gasteiger charge is -2.10. The fourth-order valence-corrected chi connectivity index (χ4v) is 1.62. The Bertz CT molecular complexity index is 596. The largest absolute Gasteiger partial charge is 0.573 e. The molecule has 19 heavy (non-hydrogen) atoms. The fraction of sp³-hybridized carbons (Fsp3) is 0.0769. The molecule has 3 nitrogen and oxygen atoms in total. The second kappa shape index (κ2) is 5.09. The van der Waals surface area contributed by atoms with Gasteiger partial charge in [0.05, 0.1) is 0 Å². The van der Waals surface area contributed by atoms with Crippen molar-refractivity contribution in [1.82, 2.24) is 4.98 Å². The van der Waals surface area contributed by atoms with Crippen molar-refractivity contribution in [2.24, 2.45) is 0 Å². The van der Waals surface area contributed by atoms with Gasteiger partial charge in [0, 0.05) is 18.0 Å². The van der Waals surface area contributed by atoms with Gasteiger partial charge in [0.25, 0.3) is 0 Å². The summed E-state index contributed by atoms with van der Waals surface area (Å²) in [4.78, 5) is 14.6. The van der Waals surface area contributed by atoms with Crippen molar-refractivity contribution >= 4 is 6.29 Å². The predicted molar refractivity (Wildman–Crippen MR) is 61.7 cm³/mol. The first kappa shape index (κ1) is 13.1. The minimum Gasteiger partial charge on any atom is -0.406 e. The van der Waals surface area contributed by atoms with E-state index in [-0.39, 0.29) is 5.75 Å². The fourth-order valence-electron chi connectivity index (χ4n) is 1.62. The minimum atomic E-state index is -4.75. The standard InChI is InChI=1S/C13H8F3NO2/c14-13(15,16)19-11-3-1-2-9(6-11)12-4-5-17-7-10(12)8-18/h1-8H. The number of rotatable bonds is 3. The van der Waals surface area contributed by atoms with E-state index in [0.717, 1.165) is 0 Å². The molecule has 0 bridgehead atoms. The molecule has 6 heteroatoms. The average molecular weight is 267 g/mol. The highest BCUT2D eigenvalue weighted by Crippen LogP contribution is 2.28. The summed E-state index contributed by atoms with van der Waals surface area (Å²) >= 11 is 0. The predicted octanol–water partition coefficient (Wildman–Crippen LogP) is 3.46. The topological polar surface area (TPSA) is 39.2 Å². The number of alkyl halides is 3. The third kappa shape index (κ3) is 3.31. The van der Waals surface area contributed by atoms with Gasteiger partial charge in [-0.15, -0.1) is 13.2 Å². The van der Waals surface area contributed by atoms with Crippen LogP contribution < -0.4 is 4.74 Å². The second-order valence-electron chi connectivity index (χ2n) is 3.66. The Kier molecular flexibility index (Phi) is 3.50. The van der Waals surface area contributed by atoms with Crippen LogP contribution in [0.1, 0.15) is 10.4 Å². The quantitative estimate of drug-likeness (QED) is 0.799. The molecule has 2 rings (SSSR count). The van der Waals surface area contributed by atoms with Crippen LogP contribution in [0.3, 0.4) is 0 Å². The zero-order valence-corrected chi connectivity index (χ0v) is 9.52. The molecule has 0 atom stereocenters. The van der Waals surface area contributed by atoms with Gasteiger partial charge in [0.2, 0.25) is 0 Å². The van der Waals surface area contributed by atoms with Crippen molar-refractivity contribution in [2.75, 3.05) is 0 Å². The SMILES string of the molecule is O=Cc1cnccc1-c1cccc(OC(F)(F)F)c1. The molecular formula is C13H8F3NO2. The maximum absolute atomic E-state index is 12.1. The number of carbonyl (C=O) groups excluding carboxylic acids is 1. The lowest BCUT2D eigenvalue weighted by molar-refractivity contribution is -0.274. The molecule has 2 aromatic rings. The summed E-state index contributed by atoms with van der Waals surface area (Å²) in [5.74, 6) is -0.335. The van der Waals surface area contributed by atoms with Gasteiger partial charge in [0.15, 0.2) is 6.29 Å². The molecule has 0 saturated heterocycles. The van der Waals surface area contributed by atoms with Gasteiger partial charge in [-0.05, 0) is 29.3 Å². The summed E-state index contributed by atoms with van der Waals surface area (Å²) in [6.45, 7) is 0. The first-order valence-corrected chi connectivity index (χ1v) is 5.25. The maximum Gasteiger partial charge on any atom is 0.573 e. The van der Waals surface area contributed by atoms with Crippen LogP contribution in [0.2, 0.25) is 0 Å². The lowest BCUT2D eigenvalue weighted by atomic mass is 10.0. The number of halogens is 3. The summed E-state index contributed by atoms with van der Waals surface area (Å²) in [6, 6.07) is 6.97. The molecule has 1 aromatic carbocycles. The minimum absolute atomic E-state index is 0.298. The third-order valence-corrected chi connectivity index (χ3v) is 2.36. The van der Waals surface area contributed by atoms with E-state index < -0.39 is 6.36 Å². The van der Waals surface area contributed by atoms with Crippen molar-refractivity contribution in [1.29, 1.82) is 0 Å². The molecular weight excluding hydrogens is 259 g/mol. The molecule has 0 saturated carbocycles. The summed E-state index contributed by atoms with van der Waals surface area (Å²) in [5, 5.41) is 0. The number of nitrogens with zero attached hydrogens (tertiary/aromatic N) is 1. The van der Waals surface area contributed by atoms with Crippen LogP contribution in [-0.2, 0) is 0 Å². The summed E-state index contributed by atoms with van der Waals surface area (Å²) in [5.41, 5.74) is 1.25. The molecule has 1 heterocycles. The monoisotopic (exact) mass is 267 g/mol. The number of hydrogen-bond donors (Lipinski definition) is 0. The molecule has 0 spiro atoms. The highest BCUT2D eigenvalue weighted by atomic mass is 19.4. The number of hydrogen-bond acceptors (Lipinski definition) is 3. The Labute approximate surface area is 106 Å². The zero-order valence-electron chi connectivity index (χ0n) is 9.52. The Morgan fingerprint density at radius 3 is 2.68 bits per heavy atom. The van der Waals surface area contributed by atoms with Gasteiger partial charge in [0.1, 0.15) is 5.75 Å². The Balaban J connectivity index is 2.41. The van der Waals surface area contributed by atoms with Crippen LogP contribution in [-0.4, -0.2) is 17.6 Å². The normalized spacial score (nSPS) is 11.1. The molecule has 1 aromatic heterocycles. The molecule has 0 aliphatic rings. The van der Waals surface area contributed by atoms with Gasteiger partial charge in [-0.2, -0.15) is 0 Å². The molecule has 0 amide bonds. The molecule has 0 unspecified atom stereocenters. The molecule has 0 aliphatic carbocycles. The molecule has 0 radical (unpaired) electrons. The summed E-state index contributed by atoms with van der Waals surface area (Å²) in [6.07, 6.45) is -1.34. The number of carbonyl (C=O) groups is 1. The van der Waals surface area contributed by atoms with Crippen molar-refractivity contribution in [3.63, 3.8) is 0 Å². The van der Waals surface area contributed by atoms with Crippen molar-refractivity contribution in [2.45, 2.75) is 6.36 Å². The number of aromatic nitrogens is 1. The molecule has 0 fully saturated rings. The van der Waals surface area contributed by atoms with E-state index in [1.165, 1.54) is 30.6 Å². The smallest absolute Gasteiger partial charge is 0.406 e. The third-order valence-electron chi connectivity index (χ3n) is 2.36. The molecule has 98 valence electrons. The van der Waals surface area contributed by atoms with Gasteiger partial charge >= 0.3 is 6.36 Å². The summed E-state index contributed by atoms with van der Waals surface area (Å²) < 4.78 is 40.2. The van der Waals surface area contributed by atoms with Crippen molar-refractivity contribution in [3.8, 4) is 16.9 Å². The zero-order chi connectivity index (χ0) is 13.9. The van der Waals surface area contributed by atoms with Crippen molar-refractivity contribution in [3.05, 3.63) is 48.3 Å². The molecule has 0 aliphatic heterocycles. The second-order valence-corrected chi connectivity index (χ2v) is 3.66. The molecule has 0 N–H and O–H groups in total. The van der Waals surface area contributed by atoms with E-state index in [4.69, 9.17) is 0 Å². The maximum atomic E-state index is 12.1. The van der Waals surface area contributed by atoms with E-state index in [2.05, 4.69) is 9.72 Å². The van der Waals surface area contributed by atoms with Crippen LogP contribution >= 0.6 is 0 Å². The Morgan fingerprint density at radius 2 is 2.00 bits per heavy atom. The number of ether oxygens (including phenoxy) is 1. The number of aldehydes is 1. The van der Waals surface area contributed by atoms with Crippen LogP contribution in [0.15, 0.2) is 42.7 Å². The van der Waals surface area contributed by atoms with Crippen LogP contribution in [0.5, 0.6) is 5.75 Å². The number of benzene rings is 1. The Hall–Kier alpha value is -2.37. The number of pyridine rings is 1. The highest BCUT2D eigenvalue weighted by Gasteiger charge is 2.31. The first-order valence-electron chi connectivity index (χ1n) is 5.25. The highest BCUT2D eigenvalue weighted by molar-refractivity contribution is 5.87. The first-order chi connectivity index (χ1) is 8.99. The van der Waals surface area contributed by atoms with Gasteiger partial charge < -0.3 is 4.74 Å². The van der Waals surface area contributed by atoms with Crippen LogP contribution in [0.4, 0.5) is 13.2 Å². The van der Waals surface area contributed by atoms with Gasteiger partial charge in [-0.3, -0.25) is 9.78 Å². The van der Waals surface area contributed by atoms with E-state index in [1.807, 2.05) is 0 Å². The van der Waals surface area contributed by atoms with Gasteiger partial charge in [-0.1, -0.05) is 12.1 Å². The van der Waals surface area contributed by atoms with E-state index in [9.17, 15) is 18.0 Å². The lowest BCUT2D eigenvalue weighted by Crippen LogP contribution is -2.17. The van der Waals surface area contributed by atoms with Crippen LogP contribution in [0, 0.1) is 0 Å². The summed E-state index contributed by atoms with van der Waals surface area (Å²) in [7, 11) is 0. The Morgan fingerprint density at radius 1 is 1.21 bits per heavy atom. The average Bonchev–Trinajstić information content (AvgIpc) is 2.37. The van der Waals surface area contributed by atoms with Gasteiger partial charge in [-0.25, -0.2) is 0 Å². The van der Waals surface area contributed by atoms with E-state index in [1.54, 1.807) is 12.1 Å². The van der Waals surface area contributed by atoms with E-state index in [0.29, 0.717) is 23.0 Å². The van der Waals surface area contributed by atoms with E-state index >= 15 is 0 Å². The van der Waals surface area contributed by atoms with Crippen molar-refractivity contribution < 1.29 is 22.7 Å². The van der Waals surface area contributed by atoms with Crippen LogP contribution in [0.25, 0.3) is 11.1 Å².